The van der Waals surface area contributed by atoms with Crippen molar-refractivity contribution in [3.63, 3.8) is 0 Å². The maximum absolute atomic E-state index is 12.0. The average Bonchev–Trinajstić information content (AvgIpc) is 2.79. The number of ether oxygens (including phenoxy) is 1. The van der Waals surface area contributed by atoms with Crippen molar-refractivity contribution in [1.82, 2.24) is 0 Å². The monoisotopic (exact) mass is 211 g/mol. The second-order valence-electron chi connectivity index (χ2n) is 5.23. The number of hydrogen-bond acceptors (Lipinski definition) is 3. The molecule has 86 valence electrons. The largest absolute Gasteiger partial charge is 0.462 e. The molecule has 2 unspecified atom stereocenters. The van der Waals surface area contributed by atoms with Crippen LogP contribution in [0.5, 0.6) is 0 Å². The molecule has 2 fully saturated rings. The molecule has 0 saturated heterocycles. The Morgan fingerprint density at radius 1 is 1.27 bits per heavy atom. The molecule has 0 aromatic heterocycles. The fraction of sp³-hybridized carbons (Fsp3) is 0.917. The molecule has 0 spiro atoms. The van der Waals surface area contributed by atoms with E-state index >= 15 is 0 Å². The molecule has 2 saturated carbocycles. The van der Waals surface area contributed by atoms with E-state index in [4.69, 9.17) is 10.5 Å². The van der Waals surface area contributed by atoms with E-state index in [1.54, 1.807) is 0 Å². The van der Waals surface area contributed by atoms with Gasteiger partial charge in [-0.15, -0.1) is 0 Å². The van der Waals surface area contributed by atoms with Crippen molar-refractivity contribution in [3.8, 4) is 0 Å². The van der Waals surface area contributed by atoms with Crippen molar-refractivity contribution in [2.45, 2.75) is 64.0 Å². The van der Waals surface area contributed by atoms with Gasteiger partial charge in [0, 0.05) is 6.04 Å². The number of hydrogen-bond donors (Lipinski definition) is 1. The van der Waals surface area contributed by atoms with Gasteiger partial charge in [-0.3, -0.25) is 4.79 Å². The van der Waals surface area contributed by atoms with Gasteiger partial charge >= 0.3 is 5.97 Å². The minimum Gasteiger partial charge on any atom is -0.462 e. The third kappa shape index (κ3) is 2.03. The van der Waals surface area contributed by atoms with E-state index in [1.165, 1.54) is 12.8 Å². The summed E-state index contributed by atoms with van der Waals surface area (Å²) in [4.78, 5) is 12.0. The van der Waals surface area contributed by atoms with Gasteiger partial charge in [-0.05, 0) is 45.4 Å². The first kappa shape index (κ1) is 10.9. The summed E-state index contributed by atoms with van der Waals surface area (Å²) >= 11 is 0. The van der Waals surface area contributed by atoms with E-state index in [0.717, 1.165) is 32.1 Å². The van der Waals surface area contributed by atoms with Crippen molar-refractivity contribution < 1.29 is 9.53 Å². The van der Waals surface area contributed by atoms with E-state index in [0.29, 0.717) is 0 Å². The summed E-state index contributed by atoms with van der Waals surface area (Å²) < 4.78 is 5.55. The second-order valence-corrected chi connectivity index (χ2v) is 5.23. The van der Waals surface area contributed by atoms with Crippen LogP contribution in [0.1, 0.15) is 51.9 Å². The predicted molar refractivity (Wildman–Crippen MR) is 58.3 cm³/mol. The zero-order valence-corrected chi connectivity index (χ0v) is 9.50. The summed E-state index contributed by atoms with van der Waals surface area (Å²) in [5, 5.41) is 0. The summed E-state index contributed by atoms with van der Waals surface area (Å²) in [5.41, 5.74) is 5.57. The van der Waals surface area contributed by atoms with Crippen LogP contribution in [-0.4, -0.2) is 18.1 Å². The smallest absolute Gasteiger partial charge is 0.313 e. The van der Waals surface area contributed by atoms with E-state index in [1.807, 2.05) is 6.92 Å². The van der Waals surface area contributed by atoms with E-state index in [-0.39, 0.29) is 18.1 Å². The molecule has 0 aliphatic heterocycles. The Bertz CT molecular complexity index is 248. The first-order valence-corrected chi connectivity index (χ1v) is 6.09. The zero-order chi connectivity index (χ0) is 10.9. The van der Waals surface area contributed by atoms with Gasteiger partial charge in [-0.25, -0.2) is 0 Å². The van der Waals surface area contributed by atoms with E-state index in [9.17, 15) is 4.79 Å². The molecule has 3 heteroatoms. The Morgan fingerprint density at radius 3 is 2.47 bits per heavy atom. The lowest BCUT2D eigenvalue weighted by atomic mass is 9.85. The highest BCUT2D eigenvalue weighted by atomic mass is 16.5. The molecule has 0 bridgehead atoms. The molecule has 2 rings (SSSR count). The van der Waals surface area contributed by atoms with Crippen molar-refractivity contribution >= 4 is 5.97 Å². The molecule has 2 N–H and O–H groups in total. The molecule has 0 aromatic carbocycles. The summed E-state index contributed by atoms with van der Waals surface area (Å²) in [7, 11) is 0. The molecule has 0 aromatic rings. The molecule has 3 nitrogen and oxygen atoms in total. The van der Waals surface area contributed by atoms with Gasteiger partial charge in [-0.1, -0.05) is 6.42 Å². The first-order valence-electron chi connectivity index (χ1n) is 6.09. The minimum atomic E-state index is -0.414. The Morgan fingerprint density at radius 2 is 1.93 bits per heavy atom. The highest BCUT2D eigenvalue weighted by Gasteiger charge is 2.45. The van der Waals surface area contributed by atoms with Crippen LogP contribution in [0.4, 0.5) is 0 Å². The Balaban J connectivity index is 1.94. The third-order valence-corrected chi connectivity index (χ3v) is 4.07. The Labute approximate surface area is 91.4 Å². The quantitative estimate of drug-likeness (QED) is 0.711. The molecule has 2 aliphatic carbocycles. The molecule has 2 atom stereocenters. The maximum Gasteiger partial charge on any atom is 0.313 e. The van der Waals surface area contributed by atoms with Crippen molar-refractivity contribution in [2.24, 2.45) is 11.1 Å². The number of carbonyl (C=O) groups excluding carboxylic acids is 1. The van der Waals surface area contributed by atoms with Gasteiger partial charge in [-0.2, -0.15) is 0 Å². The topological polar surface area (TPSA) is 52.3 Å². The lowest BCUT2D eigenvalue weighted by molar-refractivity contribution is -0.160. The van der Waals surface area contributed by atoms with Crippen LogP contribution in [-0.2, 0) is 9.53 Å². The van der Waals surface area contributed by atoms with Gasteiger partial charge in [0.05, 0.1) is 5.41 Å². The van der Waals surface area contributed by atoms with Gasteiger partial charge in [0.1, 0.15) is 6.10 Å². The van der Waals surface area contributed by atoms with Crippen molar-refractivity contribution in [2.75, 3.05) is 0 Å². The standard InChI is InChI=1S/C12H21NO2/c1-12(8-4-7-10(12)13)11(14)15-9-5-2-3-6-9/h9-10H,2-8,13H2,1H3. The highest BCUT2D eigenvalue weighted by Crippen LogP contribution is 2.38. The molecule has 0 radical (unpaired) electrons. The molecular formula is C12H21NO2. The van der Waals surface area contributed by atoms with Crippen LogP contribution in [0.3, 0.4) is 0 Å². The Hall–Kier alpha value is -0.570. The van der Waals surface area contributed by atoms with Crippen LogP contribution in [0.2, 0.25) is 0 Å². The van der Waals surface area contributed by atoms with Crippen LogP contribution < -0.4 is 5.73 Å². The minimum absolute atomic E-state index is 0.00796. The highest BCUT2D eigenvalue weighted by molar-refractivity contribution is 5.78. The first-order chi connectivity index (χ1) is 7.13. The SMILES string of the molecule is CC1(C(=O)OC2CCCC2)CCCC1N. The van der Waals surface area contributed by atoms with E-state index in [2.05, 4.69) is 0 Å². The zero-order valence-electron chi connectivity index (χ0n) is 9.50. The van der Waals surface area contributed by atoms with Gasteiger partial charge < -0.3 is 10.5 Å². The molecule has 0 heterocycles. The maximum atomic E-state index is 12.0. The fourth-order valence-electron chi connectivity index (χ4n) is 2.74. The second kappa shape index (κ2) is 4.12. The summed E-state index contributed by atoms with van der Waals surface area (Å²) in [6.45, 7) is 1.96. The van der Waals surface area contributed by atoms with Crippen molar-refractivity contribution in [3.05, 3.63) is 0 Å². The van der Waals surface area contributed by atoms with Crippen LogP contribution in [0.25, 0.3) is 0 Å². The predicted octanol–water partition coefficient (Wildman–Crippen LogP) is 1.99. The number of rotatable bonds is 2. The summed E-state index contributed by atoms with van der Waals surface area (Å²) in [6.07, 6.45) is 7.53. The molecule has 0 amide bonds. The van der Waals surface area contributed by atoms with Gasteiger partial charge in [0.2, 0.25) is 0 Å². The number of esters is 1. The van der Waals surface area contributed by atoms with Crippen molar-refractivity contribution in [1.29, 1.82) is 0 Å². The summed E-state index contributed by atoms with van der Waals surface area (Å²) in [6, 6.07) is -0.00796. The molecule has 15 heavy (non-hydrogen) atoms. The lowest BCUT2D eigenvalue weighted by Crippen LogP contribution is -2.43. The van der Waals surface area contributed by atoms with Crippen LogP contribution in [0.15, 0.2) is 0 Å². The lowest BCUT2D eigenvalue weighted by Gasteiger charge is -2.28. The fourth-order valence-corrected chi connectivity index (χ4v) is 2.74. The van der Waals surface area contributed by atoms with Gasteiger partial charge in [0.25, 0.3) is 0 Å². The van der Waals surface area contributed by atoms with Gasteiger partial charge in [0.15, 0.2) is 0 Å². The number of nitrogens with two attached hydrogens (primary N) is 1. The normalized spacial score (nSPS) is 37.1. The molecular weight excluding hydrogens is 190 g/mol. The molecule has 2 aliphatic rings. The van der Waals surface area contributed by atoms with Crippen LogP contribution in [0, 0.1) is 5.41 Å². The summed E-state index contributed by atoms with van der Waals surface area (Å²) in [5.74, 6) is -0.0561. The number of carbonyl (C=O) groups is 1. The van der Waals surface area contributed by atoms with E-state index < -0.39 is 5.41 Å². The Kier molecular flexibility index (Phi) is 3.01. The average molecular weight is 211 g/mol. The third-order valence-electron chi connectivity index (χ3n) is 4.07. The van der Waals surface area contributed by atoms with Crippen LogP contribution >= 0.6 is 0 Å².